The van der Waals surface area contributed by atoms with E-state index in [2.05, 4.69) is 13.5 Å². The fourth-order valence-corrected chi connectivity index (χ4v) is 6.04. The number of ether oxygens (including phenoxy) is 6. The zero-order chi connectivity index (χ0) is 24.0. The molecule has 1 aromatic rings. The summed E-state index contributed by atoms with van der Waals surface area (Å²) in [6, 6.07) is 5.71. The van der Waals surface area contributed by atoms with Crippen LogP contribution in [0, 0.1) is 11.3 Å². The van der Waals surface area contributed by atoms with E-state index in [1.54, 1.807) is 13.2 Å². The second kappa shape index (κ2) is 8.41. The number of allylic oxidation sites excluding steroid dienone is 1. The summed E-state index contributed by atoms with van der Waals surface area (Å²) in [4.78, 5) is 24.5. The van der Waals surface area contributed by atoms with Gasteiger partial charge in [0.25, 0.3) is 0 Å². The third-order valence-electron chi connectivity index (χ3n) is 7.22. The van der Waals surface area contributed by atoms with Gasteiger partial charge >= 0.3 is 11.9 Å². The van der Waals surface area contributed by atoms with Gasteiger partial charge in [-0.1, -0.05) is 19.1 Å². The molecule has 0 radical (unpaired) electrons. The van der Waals surface area contributed by atoms with Gasteiger partial charge in [0.15, 0.2) is 23.2 Å². The minimum absolute atomic E-state index is 0.120. The van der Waals surface area contributed by atoms with Crippen LogP contribution in [0.1, 0.15) is 38.7 Å². The molecule has 8 heteroatoms. The van der Waals surface area contributed by atoms with E-state index in [-0.39, 0.29) is 18.6 Å². The summed E-state index contributed by atoms with van der Waals surface area (Å²) >= 11 is 0. The number of esters is 2. The second-order valence-corrected chi connectivity index (χ2v) is 8.77. The highest BCUT2D eigenvalue weighted by Crippen LogP contribution is 2.67. The molecule has 0 aromatic heterocycles. The molecule has 0 amide bonds. The highest BCUT2D eigenvalue weighted by Gasteiger charge is 2.75. The van der Waals surface area contributed by atoms with Crippen molar-refractivity contribution in [3.63, 3.8) is 0 Å². The van der Waals surface area contributed by atoms with Gasteiger partial charge in [-0.15, -0.1) is 6.58 Å². The molecule has 33 heavy (non-hydrogen) atoms. The smallest absolute Gasteiger partial charge is 0.303 e. The molecule has 1 fully saturated rings. The first-order chi connectivity index (χ1) is 15.7. The van der Waals surface area contributed by atoms with Crippen LogP contribution < -0.4 is 9.47 Å². The molecule has 1 unspecified atom stereocenters. The van der Waals surface area contributed by atoms with Crippen molar-refractivity contribution in [1.29, 1.82) is 0 Å². The molecule has 6 atom stereocenters. The van der Waals surface area contributed by atoms with Crippen molar-refractivity contribution in [1.82, 2.24) is 0 Å². The predicted molar refractivity (Wildman–Crippen MR) is 118 cm³/mol. The average Bonchev–Trinajstić information content (AvgIpc) is 3.29. The topological polar surface area (TPSA) is 89.5 Å². The Labute approximate surface area is 193 Å². The lowest BCUT2D eigenvalue weighted by Gasteiger charge is -2.48. The Hall–Kier alpha value is -3.00. The molecule has 8 nitrogen and oxygen atoms in total. The number of benzene rings is 1. The molecule has 4 rings (SSSR count). The van der Waals surface area contributed by atoms with Crippen molar-refractivity contribution in [3.05, 3.63) is 48.3 Å². The number of methoxy groups -OCH3 is 2. The van der Waals surface area contributed by atoms with Gasteiger partial charge in [-0.2, -0.15) is 0 Å². The Kier molecular flexibility index (Phi) is 5.90. The molecule has 0 N–H and O–H groups in total. The molecule has 1 aliphatic heterocycles. The minimum atomic E-state index is -1.26. The van der Waals surface area contributed by atoms with Gasteiger partial charge in [0.2, 0.25) is 6.79 Å². The van der Waals surface area contributed by atoms with Crippen LogP contribution in [-0.2, 0) is 28.5 Å². The SMILES string of the molecule is C=CC[C@@]12C=C(OC)[C@@H](OC(C)=O)[C@@](OC)(C1OC(C)=O)[C@@H](c1ccc3c(c1)OCO3)[C@@H]2C. The summed E-state index contributed by atoms with van der Waals surface area (Å²) in [5, 5.41) is 0. The molecule has 2 bridgehead atoms. The van der Waals surface area contributed by atoms with Gasteiger partial charge in [-0.25, -0.2) is 0 Å². The molecule has 0 saturated heterocycles. The van der Waals surface area contributed by atoms with E-state index >= 15 is 0 Å². The standard InChI is InChI=1S/C25H30O8/c1-7-10-24-12-20(28-5)22(32-15(3)26)25(29-6,23(24)33-16(4)27)21(14(24)2)17-8-9-18-19(11-17)31-13-30-18/h7-9,11-12,14,21-23H,1,10,13H2,2-6H3/t14-,21+,22+,23?,24-,25+/m0/s1. The van der Waals surface area contributed by atoms with E-state index in [9.17, 15) is 9.59 Å². The fourth-order valence-electron chi connectivity index (χ4n) is 6.04. The van der Waals surface area contributed by atoms with E-state index in [1.165, 1.54) is 21.0 Å². The molecule has 1 saturated carbocycles. The lowest BCUT2D eigenvalue weighted by molar-refractivity contribution is -0.211. The summed E-state index contributed by atoms with van der Waals surface area (Å²) in [6.07, 6.45) is 2.51. The van der Waals surface area contributed by atoms with E-state index in [4.69, 9.17) is 28.4 Å². The van der Waals surface area contributed by atoms with E-state index in [0.717, 1.165) is 5.56 Å². The number of rotatable bonds is 7. The molecule has 1 heterocycles. The van der Waals surface area contributed by atoms with Gasteiger partial charge < -0.3 is 28.4 Å². The first-order valence-electron chi connectivity index (χ1n) is 10.9. The summed E-state index contributed by atoms with van der Waals surface area (Å²) in [5.41, 5.74) is -1.07. The maximum Gasteiger partial charge on any atom is 0.303 e. The molecule has 2 aliphatic carbocycles. The Morgan fingerprint density at radius 1 is 1.15 bits per heavy atom. The van der Waals surface area contributed by atoms with Gasteiger partial charge in [0.05, 0.1) is 7.11 Å². The zero-order valence-corrected chi connectivity index (χ0v) is 19.6. The highest BCUT2D eigenvalue weighted by molar-refractivity contribution is 5.68. The predicted octanol–water partition coefficient (Wildman–Crippen LogP) is 3.50. The Bertz CT molecular complexity index is 1000. The van der Waals surface area contributed by atoms with Gasteiger partial charge in [0.1, 0.15) is 11.9 Å². The Balaban J connectivity index is 2.00. The van der Waals surface area contributed by atoms with Crippen LogP contribution in [0.25, 0.3) is 0 Å². The number of hydrogen-bond donors (Lipinski definition) is 0. The monoisotopic (exact) mass is 458 g/mol. The Morgan fingerprint density at radius 2 is 1.85 bits per heavy atom. The van der Waals surface area contributed by atoms with Crippen molar-refractivity contribution in [2.24, 2.45) is 11.3 Å². The van der Waals surface area contributed by atoms with Crippen LogP contribution in [0.3, 0.4) is 0 Å². The summed E-state index contributed by atoms with van der Waals surface area (Å²) in [5.74, 6) is 0.305. The molecule has 3 aliphatic rings. The largest absolute Gasteiger partial charge is 0.497 e. The van der Waals surface area contributed by atoms with Gasteiger partial charge in [0, 0.05) is 32.3 Å². The number of fused-ring (bicyclic) bond motifs is 3. The molecule has 1 aromatic carbocycles. The summed E-state index contributed by atoms with van der Waals surface area (Å²) in [7, 11) is 3.07. The first-order valence-corrected chi connectivity index (χ1v) is 10.9. The van der Waals surface area contributed by atoms with Crippen molar-refractivity contribution in [3.8, 4) is 11.5 Å². The second-order valence-electron chi connectivity index (χ2n) is 8.77. The van der Waals surface area contributed by atoms with Gasteiger partial charge in [-0.3, -0.25) is 9.59 Å². The van der Waals surface area contributed by atoms with Crippen molar-refractivity contribution in [2.75, 3.05) is 21.0 Å². The molecular formula is C25H30O8. The van der Waals surface area contributed by atoms with Crippen LogP contribution in [0.4, 0.5) is 0 Å². The number of carbonyl (C=O) groups excluding carboxylic acids is 2. The van der Waals surface area contributed by atoms with Crippen LogP contribution >= 0.6 is 0 Å². The van der Waals surface area contributed by atoms with Crippen molar-refractivity contribution < 1.29 is 38.0 Å². The lowest BCUT2D eigenvalue weighted by atomic mass is 9.69. The Morgan fingerprint density at radius 3 is 2.45 bits per heavy atom. The van der Waals surface area contributed by atoms with E-state index in [0.29, 0.717) is 23.7 Å². The maximum absolute atomic E-state index is 12.3. The van der Waals surface area contributed by atoms with Crippen molar-refractivity contribution in [2.45, 2.75) is 50.9 Å². The quantitative estimate of drug-likeness (QED) is 0.453. The molecule has 178 valence electrons. The third-order valence-corrected chi connectivity index (χ3v) is 7.22. The zero-order valence-electron chi connectivity index (χ0n) is 19.6. The maximum atomic E-state index is 12.3. The van der Waals surface area contributed by atoms with Crippen LogP contribution in [0.5, 0.6) is 11.5 Å². The molecular weight excluding hydrogens is 428 g/mol. The lowest BCUT2D eigenvalue weighted by Crippen LogP contribution is -2.62. The van der Waals surface area contributed by atoms with E-state index in [1.807, 2.05) is 24.3 Å². The van der Waals surface area contributed by atoms with Crippen LogP contribution in [-0.4, -0.2) is 50.8 Å². The average molecular weight is 459 g/mol. The van der Waals surface area contributed by atoms with E-state index < -0.39 is 35.2 Å². The third kappa shape index (κ3) is 3.30. The van der Waals surface area contributed by atoms with Crippen LogP contribution in [0.2, 0.25) is 0 Å². The normalized spacial score (nSPS) is 33.8. The van der Waals surface area contributed by atoms with Crippen LogP contribution in [0.15, 0.2) is 42.7 Å². The highest BCUT2D eigenvalue weighted by atomic mass is 16.7. The minimum Gasteiger partial charge on any atom is -0.497 e. The van der Waals surface area contributed by atoms with Crippen molar-refractivity contribution >= 4 is 11.9 Å². The molecule has 0 spiro atoms. The summed E-state index contributed by atoms with van der Waals surface area (Å²) in [6.45, 7) is 8.87. The number of carbonyl (C=O) groups is 2. The fraction of sp³-hybridized carbons (Fsp3) is 0.520. The summed E-state index contributed by atoms with van der Waals surface area (Å²) < 4.78 is 34.9. The number of hydrogen-bond acceptors (Lipinski definition) is 8. The first kappa shape index (κ1) is 23.2. The van der Waals surface area contributed by atoms with Gasteiger partial charge in [-0.05, 0) is 36.1 Å².